The second-order valence-corrected chi connectivity index (χ2v) is 7.00. The molecule has 2 rings (SSSR count). The fraction of sp³-hybridized carbons (Fsp3) is 0.923. The molecule has 1 aliphatic carbocycles. The topological polar surface area (TPSA) is 64.3 Å². The van der Waals surface area contributed by atoms with Gasteiger partial charge in [0, 0.05) is 17.1 Å². The van der Waals surface area contributed by atoms with Crippen LogP contribution in [0.5, 0.6) is 0 Å². The van der Waals surface area contributed by atoms with E-state index in [0.717, 1.165) is 32.3 Å². The first-order chi connectivity index (χ1) is 8.57. The van der Waals surface area contributed by atoms with E-state index in [1.807, 2.05) is 18.8 Å². The van der Waals surface area contributed by atoms with Crippen LogP contribution in [0, 0.1) is 0 Å². The smallest absolute Gasteiger partial charge is 0.237 e. The van der Waals surface area contributed by atoms with Crippen LogP contribution in [0.25, 0.3) is 0 Å². The average molecular weight is 272 g/mol. The first-order valence-corrected chi connectivity index (χ1v) is 7.77. The van der Waals surface area contributed by atoms with E-state index in [1.165, 1.54) is 6.42 Å². The molecule has 4 nitrogen and oxygen atoms in total. The van der Waals surface area contributed by atoms with Crippen molar-refractivity contribution in [3.8, 4) is 0 Å². The number of rotatable bonds is 4. The molecule has 3 N–H and O–H groups in total. The number of hydrogen-bond acceptors (Lipinski definition) is 4. The minimum absolute atomic E-state index is 0.203. The van der Waals surface area contributed by atoms with Gasteiger partial charge in [-0.2, -0.15) is 11.8 Å². The summed E-state index contributed by atoms with van der Waals surface area (Å²) in [5.74, 6) is -0.203. The third-order valence-electron chi connectivity index (χ3n) is 4.33. The highest BCUT2D eigenvalue weighted by molar-refractivity contribution is 8.00. The van der Waals surface area contributed by atoms with Gasteiger partial charge in [0.15, 0.2) is 0 Å². The third kappa shape index (κ3) is 2.83. The van der Waals surface area contributed by atoms with Gasteiger partial charge in [0.1, 0.15) is 0 Å². The zero-order valence-corrected chi connectivity index (χ0v) is 12.1. The third-order valence-corrected chi connectivity index (χ3v) is 6.09. The normalized spacial score (nSPS) is 40.9. The summed E-state index contributed by atoms with van der Waals surface area (Å²) in [6.07, 6.45) is 5.45. The summed E-state index contributed by atoms with van der Waals surface area (Å²) < 4.78 is 5.60. The van der Waals surface area contributed by atoms with Crippen molar-refractivity contribution in [2.45, 2.75) is 61.2 Å². The van der Waals surface area contributed by atoms with E-state index in [2.05, 4.69) is 12.2 Å². The predicted molar refractivity (Wildman–Crippen MR) is 74.7 cm³/mol. The highest BCUT2D eigenvalue weighted by Gasteiger charge is 2.41. The summed E-state index contributed by atoms with van der Waals surface area (Å²) >= 11 is 2.00. The maximum absolute atomic E-state index is 11.7. The lowest BCUT2D eigenvalue weighted by Crippen LogP contribution is -2.57. The van der Waals surface area contributed by atoms with Crippen LogP contribution in [-0.2, 0) is 9.53 Å². The van der Waals surface area contributed by atoms with Crippen LogP contribution in [0.4, 0.5) is 0 Å². The largest absolute Gasteiger partial charge is 0.377 e. The fourth-order valence-corrected chi connectivity index (χ4v) is 4.76. The highest BCUT2D eigenvalue weighted by Crippen LogP contribution is 2.39. The Kier molecular flexibility index (Phi) is 4.56. The number of nitrogens with one attached hydrogen (secondary N) is 1. The molecule has 4 atom stereocenters. The van der Waals surface area contributed by atoms with Crippen molar-refractivity contribution in [1.29, 1.82) is 0 Å². The summed E-state index contributed by atoms with van der Waals surface area (Å²) in [4.78, 5) is 11.7. The number of primary amides is 1. The monoisotopic (exact) mass is 272 g/mol. The zero-order valence-electron chi connectivity index (χ0n) is 11.3. The second-order valence-electron chi connectivity index (χ2n) is 5.45. The first-order valence-electron chi connectivity index (χ1n) is 6.83. The summed E-state index contributed by atoms with van der Waals surface area (Å²) in [5.41, 5.74) is 5.09. The van der Waals surface area contributed by atoms with Gasteiger partial charge in [0.2, 0.25) is 5.91 Å². The van der Waals surface area contributed by atoms with Crippen LogP contribution >= 0.6 is 11.8 Å². The Morgan fingerprint density at radius 3 is 2.83 bits per heavy atom. The molecule has 0 spiro atoms. The number of likely N-dealkylation sites (N-methyl/N-ethyl adjacent to an activating group) is 1. The SMILES string of the molecule is CNC1(C(N)=O)CCCC(SC2CCOC2C)C1. The average Bonchev–Trinajstić information content (AvgIpc) is 2.75. The molecule has 0 radical (unpaired) electrons. The molecule has 18 heavy (non-hydrogen) atoms. The summed E-state index contributed by atoms with van der Waals surface area (Å²) in [7, 11) is 1.85. The molecular weight excluding hydrogens is 248 g/mol. The van der Waals surface area contributed by atoms with Gasteiger partial charge in [0.05, 0.1) is 11.6 Å². The molecule has 0 aromatic carbocycles. The van der Waals surface area contributed by atoms with Crippen molar-refractivity contribution in [2.75, 3.05) is 13.7 Å². The Hall–Kier alpha value is -0.260. The van der Waals surface area contributed by atoms with Crippen LogP contribution in [-0.4, -0.2) is 41.7 Å². The van der Waals surface area contributed by atoms with Crippen molar-refractivity contribution in [3.05, 3.63) is 0 Å². The van der Waals surface area contributed by atoms with Gasteiger partial charge in [-0.1, -0.05) is 0 Å². The number of ether oxygens (including phenoxy) is 1. The van der Waals surface area contributed by atoms with Gasteiger partial charge in [-0.3, -0.25) is 4.79 Å². The summed E-state index contributed by atoms with van der Waals surface area (Å²) in [5, 5.41) is 4.26. The lowest BCUT2D eigenvalue weighted by molar-refractivity contribution is -0.125. The molecule has 4 unspecified atom stereocenters. The molecule has 1 heterocycles. The Morgan fingerprint density at radius 2 is 2.28 bits per heavy atom. The van der Waals surface area contributed by atoms with Crippen LogP contribution in [0.15, 0.2) is 0 Å². The predicted octanol–water partition coefficient (Wildman–Crippen LogP) is 1.28. The number of hydrogen-bond donors (Lipinski definition) is 2. The van der Waals surface area contributed by atoms with Crippen molar-refractivity contribution < 1.29 is 9.53 Å². The quantitative estimate of drug-likeness (QED) is 0.809. The lowest BCUT2D eigenvalue weighted by atomic mass is 9.81. The number of amides is 1. The van der Waals surface area contributed by atoms with E-state index in [0.29, 0.717) is 16.6 Å². The Labute approximate surface area is 113 Å². The van der Waals surface area contributed by atoms with Crippen molar-refractivity contribution >= 4 is 17.7 Å². The molecule has 1 saturated carbocycles. The van der Waals surface area contributed by atoms with Crippen LogP contribution in [0.3, 0.4) is 0 Å². The number of thioether (sulfide) groups is 1. The van der Waals surface area contributed by atoms with Crippen LogP contribution in [0.2, 0.25) is 0 Å². The molecule has 2 fully saturated rings. The molecule has 104 valence electrons. The Morgan fingerprint density at radius 1 is 1.50 bits per heavy atom. The Balaban J connectivity index is 1.95. The standard InChI is InChI=1S/C13H24N2O2S/c1-9-11(5-7-17-9)18-10-4-3-6-13(8-10,15-2)12(14)16/h9-11,15H,3-8H2,1-2H3,(H2,14,16). The number of carbonyl (C=O) groups excluding carboxylic acids is 1. The molecule has 0 bridgehead atoms. The van der Waals surface area contributed by atoms with E-state index in [9.17, 15) is 4.79 Å². The van der Waals surface area contributed by atoms with Crippen molar-refractivity contribution in [2.24, 2.45) is 5.73 Å². The van der Waals surface area contributed by atoms with E-state index in [1.54, 1.807) is 0 Å². The van der Waals surface area contributed by atoms with E-state index in [-0.39, 0.29) is 5.91 Å². The van der Waals surface area contributed by atoms with Gasteiger partial charge in [-0.15, -0.1) is 0 Å². The summed E-state index contributed by atoms with van der Waals surface area (Å²) in [6, 6.07) is 0. The number of carbonyl (C=O) groups is 1. The second kappa shape index (κ2) is 5.80. The molecular formula is C13H24N2O2S. The van der Waals surface area contributed by atoms with Gasteiger partial charge in [0.25, 0.3) is 0 Å². The first kappa shape index (κ1) is 14.2. The zero-order chi connectivity index (χ0) is 13.2. The van der Waals surface area contributed by atoms with Crippen LogP contribution < -0.4 is 11.1 Å². The molecule has 5 heteroatoms. The lowest BCUT2D eigenvalue weighted by Gasteiger charge is -2.39. The van der Waals surface area contributed by atoms with E-state index < -0.39 is 5.54 Å². The minimum Gasteiger partial charge on any atom is -0.377 e. The highest BCUT2D eigenvalue weighted by atomic mass is 32.2. The fourth-order valence-electron chi connectivity index (χ4n) is 3.05. The molecule has 1 aliphatic heterocycles. The van der Waals surface area contributed by atoms with Gasteiger partial charge in [-0.05, 0) is 46.1 Å². The van der Waals surface area contributed by atoms with Crippen LogP contribution in [0.1, 0.15) is 39.0 Å². The van der Waals surface area contributed by atoms with Crippen molar-refractivity contribution in [3.63, 3.8) is 0 Å². The van der Waals surface area contributed by atoms with Crippen molar-refractivity contribution in [1.82, 2.24) is 5.32 Å². The van der Waals surface area contributed by atoms with Gasteiger partial charge in [-0.25, -0.2) is 0 Å². The molecule has 0 aromatic rings. The summed E-state index contributed by atoms with van der Waals surface area (Å²) in [6.45, 7) is 3.02. The maximum Gasteiger partial charge on any atom is 0.237 e. The molecule has 1 saturated heterocycles. The van der Waals surface area contributed by atoms with Gasteiger partial charge >= 0.3 is 0 Å². The Bertz CT molecular complexity index is 313. The minimum atomic E-state index is -0.487. The maximum atomic E-state index is 11.7. The van der Waals surface area contributed by atoms with Gasteiger partial charge < -0.3 is 15.8 Å². The van der Waals surface area contributed by atoms with E-state index in [4.69, 9.17) is 10.5 Å². The van der Waals surface area contributed by atoms with E-state index >= 15 is 0 Å². The molecule has 0 aromatic heterocycles. The molecule has 2 aliphatic rings. The number of nitrogens with two attached hydrogens (primary N) is 1. The molecule has 1 amide bonds.